The van der Waals surface area contributed by atoms with Crippen molar-refractivity contribution in [2.24, 2.45) is 0 Å². The third-order valence-electron chi connectivity index (χ3n) is 5.37. The molecule has 1 nitrogen and oxygen atoms in total. The van der Waals surface area contributed by atoms with Crippen LogP contribution in [0.5, 0.6) is 5.75 Å². The van der Waals surface area contributed by atoms with Gasteiger partial charge in [-0.15, -0.1) is 11.3 Å². The molecule has 29 heavy (non-hydrogen) atoms. The van der Waals surface area contributed by atoms with Gasteiger partial charge >= 0.3 is 0 Å². The number of hydrogen-bond donors (Lipinski definition) is 1. The van der Waals surface area contributed by atoms with Crippen molar-refractivity contribution in [3.8, 4) is 5.75 Å². The fraction of sp³-hybridized carbons (Fsp3) is 0.0769. The van der Waals surface area contributed by atoms with E-state index in [-0.39, 0.29) is 5.75 Å². The van der Waals surface area contributed by atoms with Gasteiger partial charge in [0.15, 0.2) is 0 Å². The minimum absolute atomic E-state index is 0.277. The fourth-order valence-corrected chi connectivity index (χ4v) is 5.66. The Labute approximate surface area is 182 Å². The van der Waals surface area contributed by atoms with Crippen LogP contribution in [0.1, 0.15) is 21.6 Å². The predicted octanol–water partition coefficient (Wildman–Crippen LogP) is 7.70. The van der Waals surface area contributed by atoms with E-state index in [2.05, 4.69) is 88.7 Å². The smallest absolute Gasteiger partial charge is 0.130 e. The molecule has 5 aromatic rings. The van der Waals surface area contributed by atoms with Crippen LogP contribution < -0.4 is 0 Å². The largest absolute Gasteiger partial charge is 0.507 e. The molecule has 142 valence electrons. The number of halogens is 1. The predicted molar refractivity (Wildman–Crippen MR) is 127 cm³/mol. The maximum Gasteiger partial charge on any atom is 0.130 e. The number of aromatic hydroxyl groups is 1. The lowest BCUT2D eigenvalue weighted by molar-refractivity contribution is 0.473. The molecule has 0 radical (unpaired) electrons. The highest BCUT2D eigenvalue weighted by Crippen LogP contribution is 2.36. The quantitative estimate of drug-likeness (QED) is 0.292. The Bertz CT molecular complexity index is 1320. The molecule has 4 aromatic carbocycles. The Morgan fingerprint density at radius 2 is 1.52 bits per heavy atom. The zero-order valence-corrected chi connectivity index (χ0v) is 18.1. The van der Waals surface area contributed by atoms with Crippen molar-refractivity contribution < 1.29 is 5.11 Å². The van der Waals surface area contributed by atoms with E-state index in [0.717, 1.165) is 28.1 Å². The van der Waals surface area contributed by atoms with Crippen LogP contribution in [-0.2, 0) is 12.8 Å². The Hall–Kier alpha value is -2.62. The molecule has 5 rings (SSSR count). The molecule has 1 heterocycles. The molecular weight excluding hydrogens is 440 g/mol. The lowest BCUT2D eigenvalue weighted by Crippen LogP contribution is -1.94. The van der Waals surface area contributed by atoms with Crippen LogP contribution in [-0.4, -0.2) is 5.11 Å². The first-order chi connectivity index (χ1) is 14.2. The molecule has 0 saturated carbocycles. The van der Waals surface area contributed by atoms with E-state index in [1.54, 1.807) is 6.07 Å². The Morgan fingerprint density at radius 1 is 0.724 bits per heavy atom. The highest BCUT2D eigenvalue weighted by Gasteiger charge is 2.14. The lowest BCUT2D eigenvalue weighted by atomic mass is 9.97. The van der Waals surface area contributed by atoms with E-state index in [9.17, 15) is 5.11 Å². The summed E-state index contributed by atoms with van der Waals surface area (Å²) in [4.78, 5) is 1.43. The van der Waals surface area contributed by atoms with E-state index in [1.807, 2.05) is 17.4 Å². The second-order valence-corrected chi connectivity index (χ2v) is 9.22. The van der Waals surface area contributed by atoms with Gasteiger partial charge in [-0.1, -0.05) is 72.8 Å². The lowest BCUT2D eigenvalue weighted by Gasteiger charge is -2.09. The summed E-state index contributed by atoms with van der Waals surface area (Å²) in [6, 6.07) is 29.6. The van der Waals surface area contributed by atoms with Crippen LogP contribution in [0.3, 0.4) is 0 Å². The number of rotatable bonds is 4. The number of phenols is 1. The molecule has 3 heteroatoms. The topological polar surface area (TPSA) is 20.2 Å². The second-order valence-electron chi connectivity index (χ2n) is 7.29. The molecule has 0 amide bonds. The summed E-state index contributed by atoms with van der Waals surface area (Å²) in [5.74, 6) is 0.277. The SMILES string of the molecule is Oc1ccc2cc(Cc3c(Cc4ccccc4)sc4ccccc34)ccc2c1Br. The van der Waals surface area contributed by atoms with E-state index in [4.69, 9.17) is 0 Å². The maximum absolute atomic E-state index is 9.94. The third kappa shape index (κ3) is 3.57. The van der Waals surface area contributed by atoms with Crippen molar-refractivity contribution in [1.29, 1.82) is 0 Å². The summed E-state index contributed by atoms with van der Waals surface area (Å²) in [5, 5.41) is 13.5. The van der Waals surface area contributed by atoms with Gasteiger partial charge < -0.3 is 5.11 Å². The van der Waals surface area contributed by atoms with Crippen molar-refractivity contribution in [3.05, 3.63) is 111 Å². The summed E-state index contributed by atoms with van der Waals surface area (Å²) in [7, 11) is 0. The summed E-state index contributed by atoms with van der Waals surface area (Å²) >= 11 is 5.40. The number of fused-ring (bicyclic) bond motifs is 2. The van der Waals surface area contributed by atoms with Gasteiger partial charge in [-0.2, -0.15) is 0 Å². The van der Waals surface area contributed by atoms with Gasteiger partial charge in [0, 0.05) is 16.0 Å². The van der Waals surface area contributed by atoms with Crippen molar-refractivity contribution in [2.45, 2.75) is 12.8 Å². The number of hydrogen-bond acceptors (Lipinski definition) is 2. The number of benzene rings is 4. The normalized spacial score (nSPS) is 11.3. The van der Waals surface area contributed by atoms with Crippen LogP contribution >= 0.6 is 27.3 Å². The van der Waals surface area contributed by atoms with Gasteiger partial charge in [-0.05, 0) is 67.3 Å². The zero-order valence-electron chi connectivity index (χ0n) is 15.7. The maximum atomic E-state index is 9.94. The van der Waals surface area contributed by atoms with Crippen LogP contribution in [0.15, 0.2) is 89.4 Å². The minimum Gasteiger partial charge on any atom is -0.507 e. The molecule has 0 spiro atoms. The van der Waals surface area contributed by atoms with Gasteiger partial charge in [0.2, 0.25) is 0 Å². The van der Waals surface area contributed by atoms with Gasteiger partial charge in [0.05, 0.1) is 4.47 Å². The molecule has 0 atom stereocenters. The molecule has 0 aliphatic carbocycles. The summed E-state index contributed by atoms with van der Waals surface area (Å²) < 4.78 is 2.11. The average molecular weight is 459 g/mol. The van der Waals surface area contributed by atoms with E-state index >= 15 is 0 Å². The molecule has 1 N–H and O–H groups in total. The highest BCUT2D eigenvalue weighted by atomic mass is 79.9. The molecule has 0 unspecified atom stereocenters. The van der Waals surface area contributed by atoms with Crippen LogP contribution in [0.2, 0.25) is 0 Å². The summed E-state index contributed by atoms with van der Waals surface area (Å²) in [6.07, 6.45) is 1.86. The molecule has 0 aliphatic heterocycles. The molecule has 0 fully saturated rings. The van der Waals surface area contributed by atoms with Gasteiger partial charge in [-0.25, -0.2) is 0 Å². The molecular formula is C26H19BrOS. The van der Waals surface area contributed by atoms with Crippen LogP contribution in [0, 0.1) is 0 Å². The van der Waals surface area contributed by atoms with E-state index in [0.29, 0.717) is 0 Å². The third-order valence-corrected chi connectivity index (χ3v) is 7.41. The first-order valence-corrected chi connectivity index (χ1v) is 11.2. The zero-order chi connectivity index (χ0) is 19.8. The minimum atomic E-state index is 0.277. The second kappa shape index (κ2) is 7.66. The van der Waals surface area contributed by atoms with E-state index < -0.39 is 0 Å². The van der Waals surface area contributed by atoms with Gasteiger partial charge in [0.1, 0.15) is 5.75 Å². The summed E-state index contributed by atoms with van der Waals surface area (Å²) in [6.45, 7) is 0. The Balaban J connectivity index is 1.58. The summed E-state index contributed by atoms with van der Waals surface area (Å²) in [5.41, 5.74) is 4.05. The van der Waals surface area contributed by atoms with E-state index in [1.165, 1.54) is 31.7 Å². The van der Waals surface area contributed by atoms with Crippen molar-refractivity contribution in [1.82, 2.24) is 0 Å². The first kappa shape index (κ1) is 18.4. The highest BCUT2D eigenvalue weighted by molar-refractivity contribution is 9.10. The Morgan fingerprint density at radius 3 is 2.38 bits per heavy atom. The van der Waals surface area contributed by atoms with Crippen LogP contribution in [0.4, 0.5) is 0 Å². The van der Waals surface area contributed by atoms with Gasteiger partial charge in [0.25, 0.3) is 0 Å². The standard InChI is InChI=1S/C26H19BrOS/c27-26-20-12-10-18(14-19(20)11-13-23(26)28)15-22-21-8-4-5-9-24(21)29-25(22)16-17-6-2-1-3-7-17/h1-14,28H,15-16H2. The van der Waals surface area contributed by atoms with Crippen molar-refractivity contribution in [2.75, 3.05) is 0 Å². The molecule has 0 bridgehead atoms. The van der Waals surface area contributed by atoms with Crippen molar-refractivity contribution >= 4 is 48.1 Å². The molecule has 0 saturated heterocycles. The molecule has 0 aliphatic rings. The first-order valence-electron chi connectivity index (χ1n) is 9.62. The monoisotopic (exact) mass is 458 g/mol. The number of phenolic OH excluding ortho intramolecular Hbond substituents is 1. The average Bonchev–Trinajstić information content (AvgIpc) is 3.08. The Kier molecular flexibility index (Phi) is 4.86. The van der Waals surface area contributed by atoms with Crippen LogP contribution in [0.25, 0.3) is 20.9 Å². The van der Waals surface area contributed by atoms with Gasteiger partial charge in [-0.3, -0.25) is 0 Å². The fourth-order valence-electron chi connectivity index (χ4n) is 3.91. The molecule has 1 aromatic heterocycles. The number of thiophene rings is 1. The van der Waals surface area contributed by atoms with Crippen molar-refractivity contribution in [3.63, 3.8) is 0 Å².